The predicted octanol–water partition coefficient (Wildman–Crippen LogP) is 2.70. The summed E-state index contributed by atoms with van der Waals surface area (Å²) >= 11 is 6.01. The molecule has 2 nitrogen and oxygen atoms in total. The molecule has 0 aromatic heterocycles. The average molecular weight is 226 g/mol. The van der Waals surface area contributed by atoms with Gasteiger partial charge in [-0.25, -0.2) is 0 Å². The number of amides is 1. The number of nitrogens with two attached hydrogens (primary N) is 1. The predicted molar refractivity (Wildman–Crippen MR) is 62.9 cm³/mol. The van der Waals surface area contributed by atoms with Crippen molar-refractivity contribution in [2.24, 2.45) is 11.1 Å². The fourth-order valence-corrected chi connectivity index (χ4v) is 1.60. The smallest absolute Gasteiger partial charge is 0.223 e. The van der Waals surface area contributed by atoms with Gasteiger partial charge in [-0.2, -0.15) is 0 Å². The van der Waals surface area contributed by atoms with Crippen molar-refractivity contribution < 1.29 is 4.79 Å². The monoisotopic (exact) mass is 225 g/mol. The van der Waals surface area contributed by atoms with Crippen molar-refractivity contribution in [1.82, 2.24) is 0 Å². The largest absolute Gasteiger partial charge is 0.369 e. The van der Waals surface area contributed by atoms with Crippen molar-refractivity contribution in [3.8, 4) is 0 Å². The third-order valence-electron chi connectivity index (χ3n) is 2.68. The number of primary amides is 1. The third kappa shape index (κ3) is 2.72. The van der Waals surface area contributed by atoms with E-state index in [2.05, 4.69) is 0 Å². The molecule has 0 radical (unpaired) electrons. The Labute approximate surface area is 95.4 Å². The molecule has 1 rings (SSSR count). The topological polar surface area (TPSA) is 43.1 Å². The normalized spacial score (nSPS) is 11.5. The highest BCUT2D eigenvalue weighted by atomic mass is 35.5. The van der Waals surface area contributed by atoms with Gasteiger partial charge in [0.15, 0.2) is 0 Å². The van der Waals surface area contributed by atoms with Gasteiger partial charge >= 0.3 is 0 Å². The molecule has 0 bridgehead atoms. The fraction of sp³-hybridized carbons (Fsp3) is 0.417. The van der Waals surface area contributed by atoms with Crippen LogP contribution in [0.5, 0.6) is 0 Å². The van der Waals surface area contributed by atoms with E-state index in [0.717, 1.165) is 16.1 Å². The minimum absolute atomic E-state index is 0.290. The van der Waals surface area contributed by atoms with E-state index in [0.29, 0.717) is 6.42 Å². The number of hydrogen-bond acceptors (Lipinski definition) is 1. The van der Waals surface area contributed by atoms with Gasteiger partial charge in [0.05, 0.1) is 0 Å². The molecule has 0 spiro atoms. The number of benzene rings is 1. The molecule has 3 heteroatoms. The van der Waals surface area contributed by atoms with Crippen molar-refractivity contribution in [1.29, 1.82) is 0 Å². The van der Waals surface area contributed by atoms with Crippen LogP contribution in [0.15, 0.2) is 18.2 Å². The lowest BCUT2D eigenvalue weighted by molar-refractivity contribution is -0.125. The molecular weight excluding hydrogens is 210 g/mol. The molecule has 0 saturated carbocycles. The Morgan fingerprint density at radius 3 is 2.60 bits per heavy atom. The summed E-state index contributed by atoms with van der Waals surface area (Å²) in [5.74, 6) is -0.290. The fourth-order valence-electron chi connectivity index (χ4n) is 1.41. The molecule has 0 aliphatic heterocycles. The summed E-state index contributed by atoms with van der Waals surface area (Å²) in [7, 11) is 0. The van der Waals surface area contributed by atoms with E-state index in [9.17, 15) is 4.79 Å². The van der Waals surface area contributed by atoms with E-state index < -0.39 is 5.41 Å². The van der Waals surface area contributed by atoms with Crippen molar-refractivity contribution >= 4 is 17.5 Å². The van der Waals surface area contributed by atoms with Crippen LogP contribution in [0.2, 0.25) is 5.02 Å². The van der Waals surface area contributed by atoms with E-state index in [4.69, 9.17) is 17.3 Å². The number of halogens is 1. The first-order valence-corrected chi connectivity index (χ1v) is 5.26. The molecule has 0 unspecified atom stereocenters. The molecule has 82 valence electrons. The molecule has 1 aromatic rings. The molecule has 15 heavy (non-hydrogen) atoms. The summed E-state index contributed by atoms with van der Waals surface area (Å²) in [6, 6.07) is 5.71. The minimum atomic E-state index is -0.532. The quantitative estimate of drug-likeness (QED) is 0.845. The number of rotatable bonds is 3. The maximum absolute atomic E-state index is 11.2. The summed E-state index contributed by atoms with van der Waals surface area (Å²) in [4.78, 5) is 11.2. The zero-order chi connectivity index (χ0) is 11.6. The highest BCUT2D eigenvalue weighted by Crippen LogP contribution is 2.26. The van der Waals surface area contributed by atoms with Crippen LogP contribution in [0, 0.1) is 12.3 Å². The van der Waals surface area contributed by atoms with Gasteiger partial charge in [0.1, 0.15) is 0 Å². The van der Waals surface area contributed by atoms with Crippen LogP contribution < -0.4 is 5.73 Å². The first-order chi connectivity index (χ1) is 6.84. The van der Waals surface area contributed by atoms with E-state index in [1.54, 1.807) is 0 Å². The van der Waals surface area contributed by atoms with E-state index in [1.165, 1.54) is 0 Å². The molecule has 0 fully saturated rings. The zero-order valence-corrected chi connectivity index (χ0v) is 10.1. The van der Waals surface area contributed by atoms with Crippen molar-refractivity contribution in [3.63, 3.8) is 0 Å². The van der Waals surface area contributed by atoms with Crippen LogP contribution in [0.4, 0.5) is 0 Å². The molecule has 2 N–H and O–H groups in total. The van der Waals surface area contributed by atoms with Gasteiger partial charge in [-0.1, -0.05) is 37.6 Å². The molecule has 0 aliphatic carbocycles. The van der Waals surface area contributed by atoms with Gasteiger partial charge in [-0.05, 0) is 30.5 Å². The second kappa shape index (κ2) is 4.23. The summed E-state index contributed by atoms with van der Waals surface area (Å²) in [6.45, 7) is 5.64. The summed E-state index contributed by atoms with van der Waals surface area (Å²) in [6.07, 6.45) is 0.620. The number of carbonyl (C=O) groups excluding carboxylic acids is 1. The Balaban J connectivity index is 3.00. The van der Waals surface area contributed by atoms with Gasteiger partial charge in [-0.3, -0.25) is 4.79 Å². The lowest BCUT2D eigenvalue weighted by Gasteiger charge is -2.21. The van der Waals surface area contributed by atoms with E-state index in [-0.39, 0.29) is 5.91 Å². The number of hydrogen-bond donors (Lipinski definition) is 1. The van der Waals surface area contributed by atoms with Crippen LogP contribution in [-0.4, -0.2) is 5.91 Å². The molecule has 0 heterocycles. The summed E-state index contributed by atoms with van der Waals surface area (Å²) in [5.41, 5.74) is 6.90. The van der Waals surface area contributed by atoms with Crippen LogP contribution in [0.3, 0.4) is 0 Å². The van der Waals surface area contributed by atoms with Gasteiger partial charge < -0.3 is 5.73 Å². The molecule has 0 atom stereocenters. The summed E-state index contributed by atoms with van der Waals surface area (Å²) in [5, 5.41) is 0.729. The first-order valence-electron chi connectivity index (χ1n) is 4.88. The lowest BCUT2D eigenvalue weighted by atomic mass is 9.84. The Kier molecular flexibility index (Phi) is 3.40. The van der Waals surface area contributed by atoms with Crippen molar-refractivity contribution in [3.05, 3.63) is 34.3 Å². The van der Waals surface area contributed by atoms with E-state index >= 15 is 0 Å². The third-order valence-corrected chi connectivity index (χ3v) is 3.09. The molecule has 1 amide bonds. The second-order valence-electron chi connectivity index (χ2n) is 4.45. The maximum Gasteiger partial charge on any atom is 0.223 e. The van der Waals surface area contributed by atoms with E-state index in [1.807, 2.05) is 39.0 Å². The zero-order valence-electron chi connectivity index (χ0n) is 9.30. The van der Waals surface area contributed by atoms with Crippen LogP contribution in [-0.2, 0) is 11.2 Å². The maximum atomic E-state index is 11.2. The number of carbonyl (C=O) groups is 1. The standard InChI is InChI=1S/C12H16ClNO/c1-8-9(5-4-6-10(8)13)7-12(2,3)11(14)15/h4-6H,7H2,1-3H3,(H2,14,15). The average Bonchev–Trinajstić information content (AvgIpc) is 2.12. The van der Waals surface area contributed by atoms with Crippen LogP contribution in [0.25, 0.3) is 0 Å². The second-order valence-corrected chi connectivity index (χ2v) is 4.86. The van der Waals surface area contributed by atoms with Crippen LogP contribution in [0.1, 0.15) is 25.0 Å². The van der Waals surface area contributed by atoms with Crippen molar-refractivity contribution in [2.75, 3.05) is 0 Å². The van der Waals surface area contributed by atoms with Gasteiger partial charge in [0, 0.05) is 10.4 Å². The molecule has 0 saturated heterocycles. The van der Waals surface area contributed by atoms with Crippen molar-refractivity contribution in [2.45, 2.75) is 27.2 Å². The first kappa shape index (κ1) is 12.1. The summed E-state index contributed by atoms with van der Waals surface area (Å²) < 4.78 is 0. The van der Waals surface area contributed by atoms with Crippen LogP contribution >= 0.6 is 11.6 Å². The Hall–Kier alpha value is -1.02. The molecule has 0 aliphatic rings. The Morgan fingerprint density at radius 2 is 2.07 bits per heavy atom. The SMILES string of the molecule is Cc1c(Cl)cccc1CC(C)(C)C(N)=O. The Morgan fingerprint density at radius 1 is 1.47 bits per heavy atom. The Bertz CT molecular complexity index is 385. The minimum Gasteiger partial charge on any atom is -0.369 e. The van der Waals surface area contributed by atoms with Gasteiger partial charge in [0.2, 0.25) is 5.91 Å². The highest BCUT2D eigenvalue weighted by molar-refractivity contribution is 6.31. The van der Waals surface area contributed by atoms with Gasteiger partial charge in [-0.15, -0.1) is 0 Å². The molecule has 1 aromatic carbocycles. The highest BCUT2D eigenvalue weighted by Gasteiger charge is 2.25. The van der Waals surface area contributed by atoms with Gasteiger partial charge in [0.25, 0.3) is 0 Å². The molecular formula is C12H16ClNO. The lowest BCUT2D eigenvalue weighted by Crippen LogP contribution is -2.33.